The molecule has 16 heavy (non-hydrogen) atoms. The van der Waals surface area contributed by atoms with Gasteiger partial charge in [-0.25, -0.2) is 4.39 Å². The van der Waals surface area contributed by atoms with Gasteiger partial charge in [0.25, 0.3) is 0 Å². The molecule has 0 amide bonds. The van der Waals surface area contributed by atoms with Crippen LogP contribution < -0.4 is 10.1 Å². The fraction of sp³-hybridized carbons (Fsp3) is 0.385. The highest BCUT2D eigenvalue weighted by Gasteiger charge is 2.06. The summed E-state index contributed by atoms with van der Waals surface area (Å²) in [7, 11) is 1.47. The van der Waals surface area contributed by atoms with Gasteiger partial charge >= 0.3 is 0 Å². The summed E-state index contributed by atoms with van der Waals surface area (Å²) in [5.41, 5.74) is 0.639. The molecule has 1 aromatic carbocycles. The van der Waals surface area contributed by atoms with Crippen molar-refractivity contribution in [1.82, 2.24) is 5.32 Å². The predicted molar refractivity (Wildman–Crippen MR) is 64.1 cm³/mol. The number of hydrogen-bond acceptors (Lipinski definition) is 2. The van der Waals surface area contributed by atoms with E-state index in [1.165, 1.54) is 7.11 Å². The standard InChI is InChI=1S/C13H18FNO/c1-3-4-5-9-15-10-11-7-6-8-12(16-2)13(11)14/h3-4,6-8,15H,5,9-10H2,1-2H3/b4-3+. The maximum Gasteiger partial charge on any atom is 0.169 e. The maximum atomic E-state index is 13.7. The molecule has 1 N–H and O–H groups in total. The van der Waals surface area contributed by atoms with E-state index < -0.39 is 0 Å². The summed E-state index contributed by atoms with van der Waals surface area (Å²) < 4.78 is 18.6. The lowest BCUT2D eigenvalue weighted by Gasteiger charge is -2.07. The fourth-order valence-corrected chi connectivity index (χ4v) is 1.43. The third-order valence-electron chi connectivity index (χ3n) is 2.30. The normalized spacial score (nSPS) is 10.9. The molecular formula is C13H18FNO. The van der Waals surface area contributed by atoms with Gasteiger partial charge in [-0.15, -0.1) is 0 Å². The first kappa shape index (κ1) is 12.7. The summed E-state index contributed by atoms with van der Waals surface area (Å²) in [5, 5.41) is 3.18. The minimum absolute atomic E-state index is 0.275. The number of methoxy groups -OCH3 is 1. The van der Waals surface area contributed by atoms with Crippen molar-refractivity contribution in [1.29, 1.82) is 0 Å². The van der Waals surface area contributed by atoms with E-state index in [9.17, 15) is 4.39 Å². The van der Waals surface area contributed by atoms with E-state index in [4.69, 9.17) is 4.74 Å². The highest BCUT2D eigenvalue weighted by atomic mass is 19.1. The number of ether oxygens (including phenoxy) is 1. The van der Waals surface area contributed by atoms with E-state index in [0.717, 1.165) is 13.0 Å². The van der Waals surface area contributed by atoms with E-state index >= 15 is 0 Å². The highest BCUT2D eigenvalue weighted by Crippen LogP contribution is 2.19. The van der Waals surface area contributed by atoms with Crippen LogP contribution in [0.25, 0.3) is 0 Å². The fourth-order valence-electron chi connectivity index (χ4n) is 1.43. The van der Waals surface area contributed by atoms with Crippen LogP contribution in [0.2, 0.25) is 0 Å². The molecule has 3 heteroatoms. The van der Waals surface area contributed by atoms with Gasteiger partial charge in [0, 0.05) is 12.1 Å². The molecule has 0 saturated carbocycles. The summed E-state index contributed by atoms with van der Waals surface area (Å²) in [6, 6.07) is 5.18. The topological polar surface area (TPSA) is 21.3 Å². The minimum atomic E-state index is -0.275. The van der Waals surface area contributed by atoms with Crippen molar-refractivity contribution in [3.05, 3.63) is 41.7 Å². The summed E-state index contributed by atoms with van der Waals surface area (Å²) >= 11 is 0. The lowest BCUT2D eigenvalue weighted by Crippen LogP contribution is -2.15. The molecule has 0 radical (unpaired) electrons. The zero-order valence-electron chi connectivity index (χ0n) is 9.79. The third kappa shape index (κ3) is 3.66. The molecule has 2 nitrogen and oxygen atoms in total. The zero-order valence-corrected chi connectivity index (χ0v) is 9.79. The van der Waals surface area contributed by atoms with Gasteiger partial charge in [-0.3, -0.25) is 0 Å². The largest absolute Gasteiger partial charge is 0.494 e. The second-order valence-electron chi connectivity index (χ2n) is 3.47. The summed E-state index contributed by atoms with van der Waals surface area (Å²) in [6.45, 7) is 3.36. The molecule has 0 saturated heterocycles. The molecule has 0 spiro atoms. The van der Waals surface area contributed by atoms with Crippen molar-refractivity contribution in [2.75, 3.05) is 13.7 Å². The number of rotatable bonds is 6. The summed E-state index contributed by atoms with van der Waals surface area (Å²) in [5.74, 6) is 0.0243. The van der Waals surface area contributed by atoms with Crippen LogP contribution in [0.15, 0.2) is 30.4 Å². The van der Waals surface area contributed by atoms with Crippen molar-refractivity contribution in [3.8, 4) is 5.75 Å². The molecule has 0 aliphatic heterocycles. The monoisotopic (exact) mass is 223 g/mol. The van der Waals surface area contributed by atoms with Crippen molar-refractivity contribution in [3.63, 3.8) is 0 Å². The average Bonchev–Trinajstić information content (AvgIpc) is 2.31. The van der Waals surface area contributed by atoms with Gasteiger partial charge in [0.15, 0.2) is 11.6 Å². The van der Waals surface area contributed by atoms with Crippen molar-refractivity contribution < 1.29 is 9.13 Å². The Morgan fingerprint density at radius 3 is 2.94 bits per heavy atom. The molecule has 0 aliphatic rings. The van der Waals surface area contributed by atoms with Crippen LogP contribution in [0, 0.1) is 5.82 Å². The van der Waals surface area contributed by atoms with Crippen LogP contribution in [0.5, 0.6) is 5.75 Å². The molecule has 0 fully saturated rings. The lowest BCUT2D eigenvalue weighted by atomic mass is 10.2. The smallest absolute Gasteiger partial charge is 0.169 e. The Hall–Kier alpha value is -1.35. The average molecular weight is 223 g/mol. The number of benzene rings is 1. The van der Waals surface area contributed by atoms with Gasteiger partial charge in [-0.05, 0) is 26.0 Å². The van der Waals surface area contributed by atoms with E-state index in [-0.39, 0.29) is 5.82 Å². The predicted octanol–water partition coefficient (Wildman–Crippen LogP) is 2.89. The second-order valence-corrected chi connectivity index (χ2v) is 3.47. The molecular weight excluding hydrogens is 205 g/mol. The van der Waals surface area contributed by atoms with Crippen LogP contribution in [0.4, 0.5) is 4.39 Å². The van der Waals surface area contributed by atoms with E-state index in [1.54, 1.807) is 18.2 Å². The minimum Gasteiger partial charge on any atom is -0.494 e. The zero-order chi connectivity index (χ0) is 11.8. The summed E-state index contributed by atoms with van der Waals surface area (Å²) in [6.07, 6.45) is 5.05. The molecule has 0 heterocycles. The van der Waals surface area contributed by atoms with Gasteiger partial charge in [-0.1, -0.05) is 24.3 Å². The highest BCUT2D eigenvalue weighted by molar-refractivity contribution is 5.30. The van der Waals surface area contributed by atoms with Crippen LogP contribution in [0.1, 0.15) is 18.9 Å². The van der Waals surface area contributed by atoms with E-state index in [1.807, 2.05) is 13.0 Å². The van der Waals surface area contributed by atoms with Gasteiger partial charge < -0.3 is 10.1 Å². The molecule has 0 aliphatic carbocycles. The van der Waals surface area contributed by atoms with E-state index in [2.05, 4.69) is 11.4 Å². The first-order valence-corrected chi connectivity index (χ1v) is 5.42. The number of allylic oxidation sites excluding steroid dienone is 1. The van der Waals surface area contributed by atoms with Crippen LogP contribution in [0.3, 0.4) is 0 Å². The van der Waals surface area contributed by atoms with Crippen LogP contribution in [-0.2, 0) is 6.54 Å². The molecule has 0 atom stereocenters. The molecule has 1 rings (SSSR count). The first-order valence-electron chi connectivity index (χ1n) is 5.42. The Labute approximate surface area is 96.1 Å². The maximum absolute atomic E-state index is 13.7. The molecule has 1 aromatic rings. The van der Waals surface area contributed by atoms with Crippen molar-refractivity contribution in [2.45, 2.75) is 19.9 Å². The van der Waals surface area contributed by atoms with Gasteiger partial charge in [0.2, 0.25) is 0 Å². The Morgan fingerprint density at radius 1 is 1.44 bits per heavy atom. The van der Waals surface area contributed by atoms with Crippen LogP contribution in [-0.4, -0.2) is 13.7 Å². The van der Waals surface area contributed by atoms with Gasteiger partial charge in [0.1, 0.15) is 0 Å². The number of hydrogen-bond donors (Lipinski definition) is 1. The Bertz CT molecular complexity index is 350. The molecule has 0 aromatic heterocycles. The molecule has 0 bridgehead atoms. The van der Waals surface area contributed by atoms with Gasteiger partial charge in [-0.2, -0.15) is 0 Å². The number of halogens is 1. The molecule has 88 valence electrons. The molecule has 0 unspecified atom stereocenters. The first-order chi connectivity index (χ1) is 7.79. The third-order valence-corrected chi connectivity index (χ3v) is 2.30. The number of nitrogens with one attached hydrogen (secondary N) is 1. The van der Waals surface area contributed by atoms with Crippen molar-refractivity contribution in [2.24, 2.45) is 0 Å². The quantitative estimate of drug-likeness (QED) is 0.591. The Morgan fingerprint density at radius 2 is 2.25 bits per heavy atom. The second kappa shape index (κ2) is 7.01. The van der Waals surface area contributed by atoms with Crippen LogP contribution >= 0.6 is 0 Å². The van der Waals surface area contributed by atoms with E-state index in [0.29, 0.717) is 17.9 Å². The van der Waals surface area contributed by atoms with Gasteiger partial charge in [0.05, 0.1) is 7.11 Å². The SMILES string of the molecule is C/C=C/CCNCc1cccc(OC)c1F. The van der Waals surface area contributed by atoms with Crippen molar-refractivity contribution >= 4 is 0 Å². The Kier molecular flexibility index (Phi) is 5.57. The lowest BCUT2D eigenvalue weighted by molar-refractivity contribution is 0.383. The Balaban J connectivity index is 2.47. The summed E-state index contributed by atoms with van der Waals surface area (Å²) in [4.78, 5) is 0.